The van der Waals surface area contributed by atoms with Crippen LogP contribution in [0.1, 0.15) is 10.4 Å². The van der Waals surface area contributed by atoms with Crippen LogP contribution >= 0.6 is 0 Å². The second-order valence-corrected chi connectivity index (χ2v) is 2.39. The van der Waals surface area contributed by atoms with E-state index in [0.29, 0.717) is 6.54 Å². The fourth-order valence-electron chi connectivity index (χ4n) is 0.838. The second-order valence-electron chi connectivity index (χ2n) is 2.39. The fourth-order valence-corrected chi connectivity index (χ4v) is 0.838. The average Bonchev–Trinajstić information content (AvgIpc) is 2.15. The molecule has 4 nitrogen and oxygen atoms in total. The minimum atomic E-state index is -0.334. The Kier molecular flexibility index (Phi) is 3.03. The molecule has 0 aliphatic rings. The molecule has 68 valence electrons. The molecule has 1 amide bonds. The molecule has 0 fully saturated rings. The summed E-state index contributed by atoms with van der Waals surface area (Å²) in [7, 11) is 0. The summed E-state index contributed by atoms with van der Waals surface area (Å²) in [4.78, 5) is 14.9. The molecule has 0 aliphatic carbocycles. The summed E-state index contributed by atoms with van der Waals surface area (Å²) in [5.74, 6) is -0.455. The molecule has 1 aromatic rings. The Morgan fingerprint density at radius 3 is 3.15 bits per heavy atom. The highest BCUT2D eigenvalue weighted by molar-refractivity contribution is 5.96. The number of amides is 1. The van der Waals surface area contributed by atoms with Gasteiger partial charge in [-0.15, -0.1) is 6.58 Å². The Hall–Kier alpha value is -1.84. The van der Waals surface area contributed by atoms with Crippen LogP contribution in [0.2, 0.25) is 0 Å². The van der Waals surface area contributed by atoms with Crippen molar-refractivity contribution >= 4 is 5.91 Å². The minimum Gasteiger partial charge on any atom is -0.505 e. The van der Waals surface area contributed by atoms with E-state index in [0.717, 1.165) is 0 Å². The van der Waals surface area contributed by atoms with E-state index in [9.17, 15) is 9.90 Å². The van der Waals surface area contributed by atoms with Crippen molar-refractivity contribution in [3.8, 4) is 5.75 Å². The largest absolute Gasteiger partial charge is 0.505 e. The zero-order chi connectivity index (χ0) is 9.68. The van der Waals surface area contributed by atoms with Crippen molar-refractivity contribution < 1.29 is 9.90 Å². The molecule has 13 heavy (non-hydrogen) atoms. The summed E-state index contributed by atoms with van der Waals surface area (Å²) in [6, 6.07) is 1.45. The number of carbonyl (C=O) groups excluding carboxylic acids is 1. The van der Waals surface area contributed by atoms with Crippen molar-refractivity contribution in [2.45, 2.75) is 0 Å². The molecule has 0 aliphatic heterocycles. The van der Waals surface area contributed by atoms with E-state index in [2.05, 4.69) is 16.9 Å². The van der Waals surface area contributed by atoms with Gasteiger partial charge in [-0.1, -0.05) is 6.08 Å². The lowest BCUT2D eigenvalue weighted by molar-refractivity contribution is 0.0955. The van der Waals surface area contributed by atoms with E-state index in [1.807, 2.05) is 0 Å². The molecule has 1 rings (SSSR count). The maximum atomic E-state index is 11.3. The first kappa shape index (κ1) is 9.25. The summed E-state index contributed by atoms with van der Waals surface area (Å²) in [5.41, 5.74) is 0.219. The average molecular weight is 178 g/mol. The summed E-state index contributed by atoms with van der Waals surface area (Å²) < 4.78 is 0. The van der Waals surface area contributed by atoms with Crippen molar-refractivity contribution in [2.75, 3.05) is 6.54 Å². The molecule has 0 aromatic carbocycles. The molecule has 1 aromatic heterocycles. The maximum absolute atomic E-state index is 11.3. The number of aromatic hydroxyl groups is 1. The fraction of sp³-hybridized carbons (Fsp3) is 0.111. The number of rotatable bonds is 3. The molecule has 1 heterocycles. The molecule has 2 N–H and O–H groups in total. The number of pyridine rings is 1. The van der Waals surface area contributed by atoms with Crippen molar-refractivity contribution in [1.29, 1.82) is 0 Å². The summed E-state index contributed by atoms with van der Waals surface area (Å²) in [6.07, 6.45) is 4.24. The van der Waals surface area contributed by atoms with Crippen LogP contribution in [0.15, 0.2) is 31.1 Å². The molecule has 0 saturated carbocycles. The Bertz CT molecular complexity index is 323. The van der Waals surface area contributed by atoms with Crippen molar-refractivity contribution in [1.82, 2.24) is 10.3 Å². The molecular weight excluding hydrogens is 168 g/mol. The van der Waals surface area contributed by atoms with Gasteiger partial charge < -0.3 is 10.4 Å². The van der Waals surface area contributed by atoms with E-state index in [-0.39, 0.29) is 17.2 Å². The lowest BCUT2D eigenvalue weighted by Crippen LogP contribution is -2.23. The van der Waals surface area contributed by atoms with Crippen LogP contribution in [-0.2, 0) is 0 Å². The SMILES string of the molecule is C=CCNC(=O)c1ccncc1O. The highest BCUT2D eigenvalue weighted by atomic mass is 16.3. The van der Waals surface area contributed by atoms with E-state index in [1.54, 1.807) is 6.08 Å². The van der Waals surface area contributed by atoms with Gasteiger partial charge in [-0.3, -0.25) is 9.78 Å². The smallest absolute Gasteiger partial charge is 0.255 e. The summed E-state index contributed by atoms with van der Waals surface area (Å²) in [6.45, 7) is 3.83. The van der Waals surface area contributed by atoms with Crippen molar-refractivity contribution in [3.05, 3.63) is 36.7 Å². The number of hydrogen-bond acceptors (Lipinski definition) is 3. The van der Waals surface area contributed by atoms with Gasteiger partial charge >= 0.3 is 0 Å². The van der Waals surface area contributed by atoms with E-state index >= 15 is 0 Å². The molecular formula is C9H10N2O2. The maximum Gasteiger partial charge on any atom is 0.255 e. The standard InChI is InChI=1S/C9H10N2O2/c1-2-4-11-9(13)7-3-5-10-6-8(7)12/h2-3,5-6,12H,1,4H2,(H,11,13). The van der Waals surface area contributed by atoms with Gasteiger partial charge in [0, 0.05) is 12.7 Å². The Balaban J connectivity index is 2.76. The Morgan fingerprint density at radius 2 is 2.54 bits per heavy atom. The zero-order valence-electron chi connectivity index (χ0n) is 7.03. The molecule has 0 saturated heterocycles. The first-order valence-electron chi connectivity index (χ1n) is 3.77. The van der Waals surface area contributed by atoms with Crippen LogP contribution in [0, 0.1) is 0 Å². The lowest BCUT2D eigenvalue weighted by Gasteiger charge is -2.02. The number of aromatic nitrogens is 1. The number of nitrogens with one attached hydrogen (secondary N) is 1. The molecule has 0 unspecified atom stereocenters. The van der Waals surface area contributed by atoms with Gasteiger partial charge in [-0.05, 0) is 6.07 Å². The van der Waals surface area contributed by atoms with E-state index < -0.39 is 0 Å². The van der Waals surface area contributed by atoms with Crippen LogP contribution in [-0.4, -0.2) is 22.5 Å². The third-order valence-electron chi connectivity index (χ3n) is 1.45. The molecule has 0 spiro atoms. The zero-order valence-corrected chi connectivity index (χ0v) is 7.03. The highest BCUT2D eigenvalue weighted by Crippen LogP contribution is 2.12. The number of hydrogen-bond donors (Lipinski definition) is 2. The normalized spacial score (nSPS) is 9.23. The first-order valence-corrected chi connectivity index (χ1v) is 3.77. The third-order valence-corrected chi connectivity index (χ3v) is 1.45. The van der Waals surface area contributed by atoms with Gasteiger partial charge in [0.25, 0.3) is 5.91 Å². The molecule has 0 atom stereocenters. The van der Waals surface area contributed by atoms with Gasteiger partial charge in [0.15, 0.2) is 0 Å². The van der Waals surface area contributed by atoms with Crippen molar-refractivity contribution in [3.63, 3.8) is 0 Å². The van der Waals surface area contributed by atoms with E-state index in [4.69, 9.17) is 0 Å². The second kappa shape index (κ2) is 4.25. The van der Waals surface area contributed by atoms with Crippen LogP contribution in [0.4, 0.5) is 0 Å². The van der Waals surface area contributed by atoms with E-state index in [1.165, 1.54) is 18.5 Å². The monoisotopic (exact) mass is 178 g/mol. The summed E-state index contributed by atoms with van der Waals surface area (Å²) in [5, 5.41) is 11.8. The van der Waals surface area contributed by atoms with Crippen LogP contribution in [0.5, 0.6) is 5.75 Å². The highest BCUT2D eigenvalue weighted by Gasteiger charge is 2.08. The predicted octanol–water partition coefficient (Wildman–Crippen LogP) is 0.703. The first-order chi connectivity index (χ1) is 6.25. The van der Waals surface area contributed by atoms with Gasteiger partial charge in [0.1, 0.15) is 5.75 Å². The molecule has 0 bridgehead atoms. The molecule has 4 heteroatoms. The number of carbonyl (C=O) groups is 1. The van der Waals surface area contributed by atoms with Crippen LogP contribution in [0.25, 0.3) is 0 Å². The third kappa shape index (κ3) is 2.30. The minimum absolute atomic E-state index is 0.121. The quantitative estimate of drug-likeness (QED) is 0.670. The van der Waals surface area contributed by atoms with Crippen LogP contribution < -0.4 is 5.32 Å². The Labute approximate surface area is 75.9 Å². The molecule has 0 radical (unpaired) electrons. The lowest BCUT2D eigenvalue weighted by atomic mass is 10.2. The van der Waals surface area contributed by atoms with Gasteiger partial charge in [0.2, 0.25) is 0 Å². The number of nitrogens with zero attached hydrogens (tertiary/aromatic N) is 1. The van der Waals surface area contributed by atoms with Crippen molar-refractivity contribution in [2.24, 2.45) is 0 Å². The topological polar surface area (TPSA) is 62.2 Å². The van der Waals surface area contributed by atoms with Crippen LogP contribution in [0.3, 0.4) is 0 Å². The summed E-state index contributed by atoms with van der Waals surface area (Å²) >= 11 is 0. The van der Waals surface area contributed by atoms with Gasteiger partial charge in [-0.25, -0.2) is 0 Å². The predicted molar refractivity (Wildman–Crippen MR) is 48.4 cm³/mol. The van der Waals surface area contributed by atoms with Gasteiger partial charge in [-0.2, -0.15) is 0 Å². The van der Waals surface area contributed by atoms with Gasteiger partial charge in [0.05, 0.1) is 11.8 Å². The Morgan fingerprint density at radius 1 is 1.77 bits per heavy atom.